The van der Waals surface area contributed by atoms with E-state index >= 15 is 0 Å². The molecular formula is C14H21BrN2O2S. The van der Waals surface area contributed by atoms with Gasteiger partial charge in [-0.3, -0.25) is 0 Å². The molecule has 0 amide bonds. The van der Waals surface area contributed by atoms with E-state index in [-0.39, 0.29) is 10.6 Å². The van der Waals surface area contributed by atoms with Gasteiger partial charge < -0.3 is 5.73 Å². The number of anilines is 1. The van der Waals surface area contributed by atoms with Gasteiger partial charge in [-0.05, 0) is 42.9 Å². The van der Waals surface area contributed by atoms with E-state index < -0.39 is 10.0 Å². The molecule has 1 fully saturated rings. The first-order valence-electron chi connectivity index (χ1n) is 6.93. The van der Waals surface area contributed by atoms with Crippen molar-refractivity contribution in [3.63, 3.8) is 0 Å². The Balaban J connectivity index is 2.05. The second-order valence-corrected chi connectivity index (χ2v) is 8.32. The Kier molecular flexibility index (Phi) is 5.09. The maximum absolute atomic E-state index is 12.3. The summed E-state index contributed by atoms with van der Waals surface area (Å²) >= 11 is 3.28. The number of sulfonamides is 1. The number of hydrogen-bond donors (Lipinski definition) is 2. The van der Waals surface area contributed by atoms with Gasteiger partial charge >= 0.3 is 0 Å². The number of hydrogen-bond acceptors (Lipinski definition) is 3. The van der Waals surface area contributed by atoms with Gasteiger partial charge in [0.25, 0.3) is 0 Å². The highest BCUT2D eigenvalue weighted by Crippen LogP contribution is 2.29. The minimum absolute atomic E-state index is 0.149. The van der Waals surface area contributed by atoms with E-state index in [2.05, 4.69) is 27.6 Å². The van der Waals surface area contributed by atoms with E-state index in [1.165, 1.54) is 12.8 Å². The molecule has 1 aromatic rings. The molecule has 1 aromatic carbocycles. The Morgan fingerprint density at radius 1 is 1.40 bits per heavy atom. The van der Waals surface area contributed by atoms with Crippen molar-refractivity contribution in [3.8, 4) is 0 Å². The van der Waals surface area contributed by atoms with Crippen LogP contribution in [0.15, 0.2) is 27.6 Å². The Labute approximate surface area is 129 Å². The topological polar surface area (TPSA) is 72.2 Å². The fourth-order valence-corrected chi connectivity index (χ4v) is 4.58. The van der Waals surface area contributed by atoms with E-state index in [0.717, 1.165) is 12.8 Å². The van der Waals surface area contributed by atoms with Crippen molar-refractivity contribution in [1.82, 2.24) is 4.72 Å². The molecule has 0 aliphatic heterocycles. The molecule has 112 valence electrons. The summed E-state index contributed by atoms with van der Waals surface area (Å²) in [6.07, 6.45) is 4.63. The number of nitrogen functional groups attached to an aromatic ring is 1. The molecule has 0 saturated heterocycles. The number of rotatable bonds is 4. The van der Waals surface area contributed by atoms with Gasteiger partial charge in [-0.1, -0.05) is 35.7 Å². The standard InChI is InChI=1S/C14H21BrN2O2S/c1-10-3-2-4-11(7-10)9-17-20(18,19)14-8-12(15)5-6-13(14)16/h5-6,8,10-11,17H,2-4,7,9,16H2,1H3. The molecule has 0 heterocycles. The number of nitrogens with one attached hydrogen (secondary N) is 1. The molecule has 2 rings (SSSR count). The predicted molar refractivity (Wildman–Crippen MR) is 84.9 cm³/mol. The van der Waals surface area contributed by atoms with E-state index in [4.69, 9.17) is 5.73 Å². The molecule has 3 N–H and O–H groups in total. The van der Waals surface area contributed by atoms with E-state index in [1.54, 1.807) is 18.2 Å². The predicted octanol–water partition coefficient (Wildman–Crippen LogP) is 3.14. The van der Waals surface area contributed by atoms with Crippen molar-refractivity contribution in [2.45, 2.75) is 37.5 Å². The maximum Gasteiger partial charge on any atom is 0.242 e. The second kappa shape index (κ2) is 6.45. The smallest absolute Gasteiger partial charge is 0.242 e. The highest BCUT2D eigenvalue weighted by atomic mass is 79.9. The van der Waals surface area contributed by atoms with Crippen LogP contribution in [0, 0.1) is 11.8 Å². The quantitative estimate of drug-likeness (QED) is 0.810. The molecule has 0 aromatic heterocycles. The third kappa shape index (κ3) is 3.96. The summed E-state index contributed by atoms with van der Waals surface area (Å²) in [5.41, 5.74) is 6.04. The van der Waals surface area contributed by atoms with E-state index in [1.807, 2.05) is 0 Å². The third-order valence-corrected chi connectivity index (χ3v) is 5.84. The minimum atomic E-state index is -3.54. The average molecular weight is 361 g/mol. The van der Waals surface area contributed by atoms with Crippen molar-refractivity contribution in [3.05, 3.63) is 22.7 Å². The first kappa shape index (κ1) is 15.8. The first-order chi connectivity index (χ1) is 9.38. The van der Waals surface area contributed by atoms with Crippen molar-refractivity contribution in [1.29, 1.82) is 0 Å². The van der Waals surface area contributed by atoms with Crippen molar-refractivity contribution in [2.24, 2.45) is 11.8 Å². The molecule has 2 atom stereocenters. The fraction of sp³-hybridized carbons (Fsp3) is 0.571. The maximum atomic E-state index is 12.3. The molecule has 1 aliphatic rings. The average Bonchev–Trinajstić information content (AvgIpc) is 2.39. The molecule has 1 aliphatic carbocycles. The van der Waals surface area contributed by atoms with Crippen LogP contribution in [0.2, 0.25) is 0 Å². The molecule has 0 bridgehead atoms. The van der Waals surface area contributed by atoms with Crippen LogP contribution in [0.5, 0.6) is 0 Å². The van der Waals surface area contributed by atoms with Crippen molar-refractivity contribution in [2.75, 3.05) is 12.3 Å². The van der Waals surface area contributed by atoms with Gasteiger partial charge in [0.2, 0.25) is 10.0 Å². The fourth-order valence-electron chi connectivity index (χ4n) is 2.79. The molecule has 1 saturated carbocycles. The van der Waals surface area contributed by atoms with Crippen LogP contribution in [-0.2, 0) is 10.0 Å². The Morgan fingerprint density at radius 3 is 2.85 bits per heavy atom. The molecule has 20 heavy (non-hydrogen) atoms. The number of halogens is 1. The van der Waals surface area contributed by atoms with Gasteiger partial charge in [0.15, 0.2) is 0 Å². The zero-order chi connectivity index (χ0) is 14.8. The molecule has 4 nitrogen and oxygen atoms in total. The Morgan fingerprint density at radius 2 is 2.15 bits per heavy atom. The zero-order valence-electron chi connectivity index (χ0n) is 11.6. The van der Waals surface area contributed by atoms with Crippen LogP contribution in [0.3, 0.4) is 0 Å². The monoisotopic (exact) mass is 360 g/mol. The lowest BCUT2D eigenvalue weighted by Crippen LogP contribution is -2.32. The highest BCUT2D eigenvalue weighted by molar-refractivity contribution is 9.10. The van der Waals surface area contributed by atoms with Crippen molar-refractivity contribution >= 4 is 31.6 Å². The first-order valence-corrected chi connectivity index (χ1v) is 9.21. The van der Waals surface area contributed by atoms with Crippen LogP contribution in [-0.4, -0.2) is 15.0 Å². The van der Waals surface area contributed by atoms with Crippen LogP contribution >= 0.6 is 15.9 Å². The summed E-state index contributed by atoms with van der Waals surface area (Å²) in [7, 11) is -3.54. The summed E-state index contributed by atoms with van der Waals surface area (Å²) in [6, 6.07) is 4.87. The second-order valence-electron chi connectivity index (χ2n) is 5.67. The largest absolute Gasteiger partial charge is 0.398 e. The normalized spacial score (nSPS) is 23.7. The lowest BCUT2D eigenvalue weighted by Gasteiger charge is -2.26. The minimum Gasteiger partial charge on any atom is -0.398 e. The summed E-state index contributed by atoms with van der Waals surface area (Å²) < 4.78 is 28.0. The molecular weight excluding hydrogens is 340 g/mol. The van der Waals surface area contributed by atoms with E-state index in [0.29, 0.717) is 22.9 Å². The van der Waals surface area contributed by atoms with Gasteiger partial charge in [-0.15, -0.1) is 0 Å². The SMILES string of the molecule is CC1CCCC(CNS(=O)(=O)c2cc(Br)ccc2N)C1. The summed E-state index contributed by atoms with van der Waals surface area (Å²) in [5, 5.41) is 0. The Bertz CT molecular complexity index is 575. The van der Waals surface area contributed by atoms with Crippen LogP contribution in [0.25, 0.3) is 0 Å². The Hall–Kier alpha value is -0.590. The third-order valence-electron chi connectivity index (χ3n) is 3.87. The zero-order valence-corrected chi connectivity index (χ0v) is 14.0. The highest BCUT2D eigenvalue weighted by Gasteiger charge is 2.23. The molecule has 0 spiro atoms. The van der Waals surface area contributed by atoms with Gasteiger partial charge in [0.1, 0.15) is 4.90 Å². The molecule has 2 unspecified atom stereocenters. The lowest BCUT2D eigenvalue weighted by atomic mass is 9.83. The van der Waals surface area contributed by atoms with Gasteiger partial charge in [-0.2, -0.15) is 0 Å². The van der Waals surface area contributed by atoms with Crippen LogP contribution in [0.4, 0.5) is 5.69 Å². The van der Waals surface area contributed by atoms with Gasteiger partial charge in [-0.25, -0.2) is 13.1 Å². The summed E-state index contributed by atoms with van der Waals surface area (Å²) in [6.45, 7) is 2.73. The summed E-state index contributed by atoms with van der Waals surface area (Å²) in [4.78, 5) is 0.149. The van der Waals surface area contributed by atoms with Gasteiger partial charge in [0.05, 0.1) is 5.69 Å². The molecule has 6 heteroatoms. The van der Waals surface area contributed by atoms with Crippen molar-refractivity contribution < 1.29 is 8.42 Å². The summed E-state index contributed by atoms with van der Waals surface area (Å²) in [5.74, 6) is 1.12. The number of benzene rings is 1. The van der Waals surface area contributed by atoms with Crippen LogP contribution < -0.4 is 10.5 Å². The van der Waals surface area contributed by atoms with Crippen LogP contribution in [0.1, 0.15) is 32.6 Å². The van der Waals surface area contributed by atoms with Gasteiger partial charge in [0, 0.05) is 11.0 Å². The number of nitrogens with two attached hydrogens (primary N) is 1. The lowest BCUT2D eigenvalue weighted by molar-refractivity contribution is 0.283. The van der Waals surface area contributed by atoms with E-state index in [9.17, 15) is 8.42 Å². The molecule has 0 radical (unpaired) electrons.